The number of hydrogen-bond acceptors (Lipinski definition) is 4. The van der Waals surface area contributed by atoms with Crippen LogP contribution in [0.2, 0.25) is 0 Å². The third kappa shape index (κ3) is 5.26. The highest BCUT2D eigenvalue weighted by Crippen LogP contribution is 2.15. The van der Waals surface area contributed by atoms with Gasteiger partial charge in [-0.1, -0.05) is 6.92 Å². The fourth-order valence-corrected chi connectivity index (χ4v) is 2.59. The van der Waals surface area contributed by atoms with Crippen LogP contribution < -0.4 is 4.74 Å². The van der Waals surface area contributed by atoms with Crippen LogP contribution in [-0.2, 0) is 4.74 Å². The van der Waals surface area contributed by atoms with Crippen molar-refractivity contribution in [2.45, 2.75) is 38.6 Å². The van der Waals surface area contributed by atoms with E-state index < -0.39 is 6.10 Å². The maximum Gasteiger partial charge on any atom is 0.123 e. The smallest absolute Gasteiger partial charge is 0.123 e. The van der Waals surface area contributed by atoms with Crippen molar-refractivity contribution in [1.29, 1.82) is 0 Å². The summed E-state index contributed by atoms with van der Waals surface area (Å²) >= 11 is 0. The second kappa shape index (κ2) is 7.73. The first-order chi connectivity index (χ1) is 10.1. The van der Waals surface area contributed by atoms with E-state index in [1.807, 2.05) is 0 Å². The number of β-amino-alcohol motifs (C(OH)–C–C–N with tert-alkyl or cyclic N) is 1. The fourth-order valence-electron chi connectivity index (χ4n) is 2.59. The Morgan fingerprint density at radius 2 is 2.10 bits per heavy atom. The molecule has 3 unspecified atom stereocenters. The molecule has 0 saturated carbocycles. The lowest BCUT2D eigenvalue weighted by molar-refractivity contribution is -0.0873. The van der Waals surface area contributed by atoms with Crippen molar-refractivity contribution in [2.75, 3.05) is 26.2 Å². The normalized spacial score (nSPS) is 24.8. The molecular weight excluding hydrogens is 273 g/mol. The second-order valence-electron chi connectivity index (χ2n) is 5.61. The van der Waals surface area contributed by atoms with Gasteiger partial charge in [0.1, 0.15) is 24.3 Å². The zero-order valence-corrected chi connectivity index (χ0v) is 12.7. The van der Waals surface area contributed by atoms with Crippen molar-refractivity contribution in [3.63, 3.8) is 0 Å². The van der Waals surface area contributed by atoms with Crippen molar-refractivity contribution >= 4 is 0 Å². The number of benzene rings is 1. The average molecular weight is 297 g/mol. The highest BCUT2D eigenvalue weighted by Gasteiger charge is 2.25. The van der Waals surface area contributed by atoms with E-state index in [1.165, 1.54) is 12.1 Å². The number of nitrogens with zero attached hydrogens (tertiary/aromatic N) is 1. The Bertz CT molecular complexity index is 426. The standard InChI is InChI=1S/C16H24FNO3/c1-3-15-10-18(8-12(2)21-15)9-14(19)11-20-16-6-4-13(17)5-7-16/h4-7,12,14-15,19H,3,8-11H2,1-2H3. The van der Waals surface area contributed by atoms with Gasteiger partial charge in [-0.25, -0.2) is 4.39 Å². The summed E-state index contributed by atoms with van der Waals surface area (Å²) < 4.78 is 24.0. The molecule has 1 aromatic carbocycles. The molecule has 1 aliphatic heterocycles. The summed E-state index contributed by atoms with van der Waals surface area (Å²) in [7, 11) is 0. The van der Waals surface area contributed by atoms with Crippen molar-refractivity contribution in [1.82, 2.24) is 4.90 Å². The fraction of sp³-hybridized carbons (Fsp3) is 0.625. The van der Waals surface area contributed by atoms with Crippen LogP contribution in [0.15, 0.2) is 24.3 Å². The predicted octanol–water partition coefficient (Wildman–Crippen LogP) is 2.06. The Kier molecular flexibility index (Phi) is 5.96. The van der Waals surface area contributed by atoms with Crippen LogP contribution >= 0.6 is 0 Å². The molecule has 0 amide bonds. The van der Waals surface area contributed by atoms with Crippen LogP contribution in [0, 0.1) is 5.82 Å². The van der Waals surface area contributed by atoms with Gasteiger partial charge in [-0.3, -0.25) is 4.90 Å². The van der Waals surface area contributed by atoms with Crippen LogP contribution in [0.5, 0.6) is 5.75 Å². The molecule has 2 rings (SSSR count). The van der Waals surface area contributed by atoms with E-state index in [-0.39, 0.29) is 24.6 Å². The van der Waals surface area contributed by atoms with Crippen LogP contribution in [0.1, 0.15) is 20.3 Å². The molecule has 0 bridgehead atoms. The predicted molar refractivity (Wildman–Crippen MR) is 79.0 cm³/mol. The number of morpholine rings is 1. The molecule has 1 fully saturated rings. The van der Waals surface area contributed by atoms with E-state index in [2.05, 4.69) is 18.7 Å². The molecule has 0 radical (unpaired) electrons. The van der Waals surface area contributed by atoms with Crippen LogP contribution in [0.3, 0.4) is 0 Å². The number of halogens is 1. The summed E-state index contributed by atoms with van der Waals surface area (Å²) in [6, 6.07) is 5.81. The van der Waals surface area contributed by atoms with E-state index in [0.717, 1.165) is 19.5 Å². The van der Waals surface area contributed by atoms with Gasteiger partial charge < -0.3 is 14.6 Å². The molecule has 0 spiro atoms. The van der Waals surface area contributed by atoms with Gasteiger partial charge in [0.05, 0.1) is 12.2 Å². The number of rotatable bonds is 6. The summed E-state index contributed by atoms with van der Waals surface area (Å²) in [5.74, 6) is 0.271. The van der Waals surface area contributed by atoms with Gasteiger partial charge in [0.15, 0.2) is 0 Å². The van der Waals surface area contributed by atoms with Crippen molar-refractivity contribution in [3.8, 4) is 5.75 Å². The van der Waals surface area contributed by atoms with E-state index in [9.17, 15) is 9.50 Å². The quantitative estimate of drug-likeness (QED) is 0.873. The SMILES string of the molecule is CCC1CN(CC(O)COc2ccc(F)cc2)CC(C)O1. The van der Waals surface area contributed by atoms with Crippen molar-refractivity contribution < 1.29 is 19.0 Å². The Morgan fingerprint density at radius 1 is 1.38 bits per heavy atom. The van der Waals surface area contributed by atoms with Crippen molar-refractivity contribution in [2.24, 2.45) is 0 Å². The molecule has 1 saturated heterocycles. The maximum atomic E-state index is 12.8. The Morgan fingerprint density at radius 3 is 2.76 bits per heavy atom. The summed E-state index contributed by atoms with van der Waals surface area (Å²) in [6.45, 7) is 6.59. The first-order valence-electron chi connectivity index (χ1n) is 7.51. The lowest BCUT2D eigenvalue weighted by atomic mass is 10.1. The molecule has 1 aromatic rings. The molecular formula is C16H24FNO3. The first-order valence-corrected chi connectivity index (χ1v) is 7.51. The minimum absolute atomic E-state index is 0.189. The van der Waals surface area contributed by atoms with Gasteiger partial charge >= 0.3 is 0 Å². The Labute approximate surface area is 125 Å². The van der Waals surface area contributed by atoms with Gasteiger partial charge in [0.25, 0.3) is 0 Å². The number of hydrogen-bond donors (Lipinski definition) is 1. The maximum absolute atomic E-state index is 12.8. The van der Waals surface area contributed by atoms with E-state index in [4.69, 9.17) is 9.47 Å². The summed E-state index contributed by atoms with van der Waals surface area (Å²) in [5.41, 5.74) is 0. The monoisotopic (exact) mass is 297 g/mol. The average Bonchev–Trinajstić information content (AvgIpc) is 2.46. The summed E-state index contributed by atoms with van der Waals surface area (Å²) in [4.78, 5) is 2.21. The molecule has 1 heterocycles. The molecule has 5 heteroatoms. The Balaban J connectivity index is 1.75. The first kappa shape index (κ1) is 16.2. The molecule has 118 valence electrons. The molecule has 21 heavy (non-hydrogen) atoms. The van der Waals surface area contributed by atoms with Gasteiger partial charge in [0, 0.05) is 19.6 Å². The van der Waals surface area contributed by atoms with Crippen LogP contribution in [-0.4, -0.2) is 54.6 Å². The lowest BCUT2D eigenvalue weighted by Gasteiger charge is -2.37. The highest BCUT2D eigenvalue weighted by molar-refractivity contribution is 5.22. The van der Waals surface area contributed by atoms with E-state index in [0.29, 0.717) is 12.3 Å². The molecule has 4 nitrogen and oxygen atoms in total. The number of aliphatic hydroxyl groups excluding tert-OH is 1. The minimum Gasteiger partial charge on any atom is -0.491 e. The zero-order valence-electron chi connectivity index (χ0n) is 12.7. The lowest BCUT2D eigenvalue weighted by Crippen LogP contribution is -2.49. The van der Waals surface area contributed by atoms with Crippen molar-refractivity contribution in [3.05, 3.63) is 30.1 Å². The molecule has 0 aliphatic carbocycles. The summed E-state index contributed by atoms with van der Waals surface area (Å²) in [6.07, 6.45) is 0.828. The third-order valence-electron chi connectivity index (χ3n) is 3.58. The number of aliphatic hydroxyl groups is 1. The van der Waals surface area contributed by atoms with Crippen LogP contribution in [0.25, 0.3) is 0 Å². The number of ether oxygens (including phenoxy) is 2. The molecule has 1 N–H and O–H groups in total. The summed E-state index contributed by atoms with van der Waals surface area (Å²) in [5, 5.41) is 10.1. The minimum atomic E-state index is -0.571. The van der Waals surface area contributed by atoms with Gasteiger partial charge in [-0.05, 0) is 37.6 Å². The van der Waals surface area contributed by atoms with Gasteiger partial charge in [0.2, 0.25) is 0 Å². The topological polar surface area (TPSA) is 41.9 Å². The van der Waals surface area contributed by atoms with Crippen LogP contribution in [0.4, 0.5) is 4.39 Å². The Hall–Kier alpha value is -1.17. The third-order valence-corrected chi connectivity index (χ3v) is 3.58. The molecule has 3 atom stereocenters. The molecule has 1 aliphatic rings. The second-order valence-corrected chi connectivity index (χ2v) is 5.61. The largest absolute Gasteiger partial charge is 0.491 e. The van der Waals surface area contributed by atoms with Gasteiger partial charge in [-0.15, -0.1) is 0 Å². The zero-order chi connectivity index (χ0) is 15.2. The molecule has 0 aromatic heterocycles. The highest BCUT2D eigenvalue weighted by atomic mass is 19.1. The van der Waals surface area contributed by atoms with Gasteiger partial charge in [-0.2, -0.15) is 0 Å². The van der Waals surface area contributed by atoms with E-state index >= 15 is 0 Å². The van der Waals surface area contributed by atoms with E-state index in [1.54, 1.807) is 12.1 Å².